The van der Waals surface area contributed by atoms with Crippen LogP contribution in [0.25, 0.3) is 0 Å². The number of rotatable bonds is 5. The van der Waals surface area contributed by atoms with Gasteiger partial charge < -0.3 is 4.74 Å². The summed E-state index contributed by atoms with van der Waals surface area (Å²) >= 11 is 0. The molecule has 0 bridgehead atoms. The van der Waals surface area contributed by atoms with Crippen molar-refractivity contribution in [2.45, 2.75) is 26.7 Å². The fourth-order valence-corrected chi connectivity index (χ4v) is 1.88. The van der Waals surface area contributed by atoms with Crippen molar-refractivity contribution in [1.29, 1.82) is 5.26 Å². The molecule has 4 heteroatoms. The number of hydrogen-bond donors (Lipinski definition) is 0. The van der Waals surface area contributed by atoms with Gasteiger partial charge in [0.2, 0.25) is 0 Å². The minimum atomic E-state index is -0.324. The van der Waals surface area contributed by atoms with Crippen LogP contribution in [0.1, 0.15) is 40.9 Å². The summed E-state index contributed by atoms with van der Waals surface area (Å²) in [4.78, 5) is 22.3. The second kappa shape index (κ2) is 6.55. The molecule has 0 spiro atoms. The molecule has 1 aromatic rings. The Bertz CT molecular complexity index is 500. The molecule has 4 nitrogen and oxygen atoms in total. The monoisotopic (exact) mass is 245 g/mol. The van der Waals surface area contributed by atoms with Gasteiger partial charge in [-0.2, -0.15) is 5.26 Å². The molecule has 0 saturated carbocycles. The van der Waals surface area contributed by atoms with E-state index >= 15 is 0 Å². The third kappa shape index (κ3) is 2.95. The molecule has 0 amide bonds. The van der Waals surface area contributed by atoms with Gasteiger partial charge in [0.15, 0.2) is 6.29 Å². The predicted octanol–water partition coefficient (Wildman–Crippen LogP) is 2.04. The lowest BCUT2D eigenvalue weighted by atomic mass is 9.94. The molecular weight excluding hydrogens is 230 g/mol. The summed E-state index contributed by atoms with van der Waals surface area (Å²) in [5.74, 6) is -0.324. The van der Waals surface area contributed by atoms with Crippen LogP contribution in [0.15, 0.2) is 12.1 Å². The van der Waals surface area contributed by atoms with Gasteiger partial charge in [0.05, 0.1) is 18.6 Å². The first-order chi connectivity index (χ1) is 8.67. The van der Waals surface area contributed by atoms with Crippen LogP contribution in [0, 0.1) is 11.3 Å². The zero-order valence-electron chi connectivity index (χ0n) is 10.5. The Morgan fingerprint density at radius 1 is 1.44 bits per heavy atom. The SMILES string of the molecule is CCOC(=O)Cc1ccc(C=O)c(C#N)c1CC. The molecule has 0 fully saturated rings. The molecular formula is C14H15NO3. The first-order valence-electron chi connectivity index (χ1n) is 5.83. The number of benzene rings is 1. The van der Waals surface area contributed by atoms with Crippen LogP contribution in [-0.4, -0.2) is 18.9 Å². The number of nitrogens with zero attached hydrogens (tertiary/aromatic N) is 1. The highest BCUT2D eigenvalue weighted by atomic mass is 16.5. The van der Waals surface area contributed by atoms with Crippen LogP contribution >= 0.6 is 0 Å². The van der Waals surface area contributed by atoms with Gasteiger partial charge in [-0.15, -0.1) is 0 Å². The summed E-state index contributed by atoms with van der Waals surface area (Å²) in [5.41, 5.74) is 2.21. The molecule has 0 saturated heterocycles. The quantitative estimate of drug-likeness (QED) is 0.588. The van der Waals surface area contributed by atoms with Gasteiger partial charge in [-0.25, -0.2) is 0 Å². The van der Waals surface area contributed by atoms with Crippen LogP contribution in [0.5, 0.6) is 0 Å². The van der Waals surface area contributed by atoms with Gasteiger partial charge in [-0.05, 0) is 24.5 Å². The van der Waals surface area contributed by atoms with E-state index in [-0.39, 0.29) is 12.4 Å². The topological polar surface area (TPSA) is 67.2 Å². The molecule has 0 aromatic heterocycles. The zero-order chi connectivity index (χ0) is 13.5. The Hall–Kier alpha value is -2.15. The largest absolute Gasteiger partial charge is 0.466 e. The summed E-state index contributed by atoms with van der Waals surface area (Å²) in [7, 11) is 0. The van der Waals surface area contributed by atoms with Crippen LogP contribution in [0.4, 0.5) is 0 Å². The van der Waals surface area contributed by atoms with Crippen LogP contribution in [-0.2, 0) is 22.4 Å². The normalized spacial score (nSPS) is 9.61. The van der Waals surface area contributed by atoms with Crippen LogP contribution in [0.2, 0.25) is 0 Å². The standard InChI is InChI=1S/C14H15NO3/c1-3-12-10(7-14(17)18-4-2)5-6-11(9-16)13(12)8-15/h5-6,9H,3-4,7H2,1-2H3. The number of carbonyl (C=O) groups is 2. The fraction of sp³-hybridized carbons (Fsp3) is 0.357. The first kappa shape index (κ1) is 13.9. The van der Waals surface area contributed by atoms with Gasteiger partial charge in [0.1, 0.15) is 6.07 Å². The third-order valence-electron chi connectivity index (χ3n) is 2.67. The van der Waals surface area contributed by atoms with Crippen molar-refractivity contribution < 1.29 is 14.3 Å². The number of aldehydes is 1. The van der Waals surface area contributed by atoms with Crippen molar-refractivity contribution in [2.75, 3.05) is 6.61 Å². The van der Waals surface area contributed by atoms with E-state index in [1.807, 2.05) is 13.0 Å². The van der Waals surface area contributed by atoms with Crippen LogP contribution in [0.3, 0.4) is 0 Å². The average Bonchev–Trinajstić information content (AvgIpc) is 2.38. The second-order valence-corrected chi connectivity index (χ2v) is 3.73. The maximum absolute atomic E-state index is 11.5. The average molecular weight is 245 g/mol. The number of ether oxygens (including phenoxy) is 1. The van der Waals surface area contributed by atoms with E-state index < -0.39 is 0 Å². The maximum Gasteiger partial charge on any atom is 0.310 e. The molecule has 0 N–H and O–H groups in total. The summed E-state index contributed by atoms with van der Waals surface area (Å²) in [6.07, 6.45) is 1.38. The molecule has 0 heterocycles. The second-order valence-electron chi connectivity index (χ2n) is 3.73. The highest BCUT2D eigenvalue weighted by Crippen LogP contribution is 2.19. The highest BCUT2D eigenvalue weighted by Gasteiger charge is 2.14. The molecule has 0 radical (unpaired) electrons. The van der Waals surface area contributed by atoms with Crippen molar-refractivity contribution in [3.05, 3.63) is 34.4 Å². The van der Waals surface area contributed by atoms with E-state index in [1.54, 1.807) is 19.1 Å². The Morgan fingerprint density at radius 2 is 2.17 bits per heavy atom. The summed E-state index contributed by atoms with van der Waals surface area (Å²) in [6.45, 7) is 3.96. The Balaban J connectivity index is 3.18. The fourth-order valence-electron chi connectivity index (χ4n) is 1.88. The molecule has 1 rings (SSSR count). The van der Waals surface area contributed by atoms with E-state index in [1.165, 1.54) is 0 Å². The van der Waals surface area contributed by atoms with Crippen molar-refractivity contribution in [1.82, 2.24) is 0 Å². The summed E-state index contributed by atoms with van der Waals surface area (Å²) < 4.78 is 4.88. The number of esters is 1. The first-order valence-corrected chi connectivity index (χ1v) is 5.83. The van der Waals surface area contributed by atoms with Crippen molar-refractivity contribution in [3.8, 4) is 6.07 Å². The minimum Gasteiger partial charge on any atom is -0.466 e. The minimum absolute atomic E-state index is 0.130. The third-order valence-corrected chi connectivity index (χ3v) is 2.67. The van der Waals surface area contributed by atoms with Gasteiger partial charge in [0, 0.05) is 5.56 Å². The molecule has 18 heavy (non-hydrogen) atoms. The molecule has 1 aromatic carbocycles. The Kier molecular flexibility index (Phi) is 5.06. The van der Waals surface area contributed by atoms with Gasteiger partial charge in [-0.3, -0.25) is 9.59 Å². The highest BCUT2D eigenvalue weighted by molar-refractivity contribution is 5.81. The van der Waals surface area contributed by atoms with E-state index in [9.17, 15) is 9.59 Å². The van der Waals surface area contributed by atoms with Gasteiger partial charge in [-0.1, -0.05) is 19.1 Å². The van der Waals surface area contributed by atoms with Crippen molar-refractivity contribution >= 4 is 12.3 Å². The van der Waals surface area contributed by atoms with E-state index in [4.69, 9.17) is 10.00 Å². The molecule has 0 aliphatic heterocycles. The summed E-state index contributed by atoms with van der Waals surface area (Å²) in [5, 5.41) is 9.10. The van der Waals surface area contributed by atoms with E-state index in [0.29, 0.717) is 30.4 Å². The molecule has 94 valence electrons. The van der Waals surface area contributed by atoms with Crippen LogP contribution < -0.4 is 0 Å². The molecule has 0 aliphatic rings. The van der Waals surface area contributed by atoms with Crippen molar-refractivity contribution in [3.63, 3.8) is 0 Å². The van der Waals surface area contributed by atoms with E-state index in [0.717, 1.165) is 11.1 Å². The predicted molar refractivity (Wildman–Crippen MR) is 66.3 cm³/mol. The van der Waals surface area contributed by atoms with E-state index in [2.05, 4.69) is 0 Å². The molecule has 0 atom stereocenters. The number of hydrogen-bond acceptors (Lipinski definition) is 4. The number of nitriles is 1. The lowest BCUT2D eigenvalue weighted by Crippen LogP contribution is -2.10. The lowest BCUT2D eigenvalue weighted by molar-refractivity contribution is -0.142. The van der Waals surface area contributed by atoms with Gasteiger partial charge >= 0.3 is 5.97 Å². The molecule has 0 unspecified atom stereocenters. The zero-order valence-corrected chi connectivity index (χ0v) is 10.5. The Morgan fingerprint density at radius 3 is 2.67 bits per heavy atom. The Labute approximate surface area is 106 Å². The smallest absolute Gasteiger partial charge is 0.310 e. The molecule has 0 aliphatic carbocycles. The van der Waals surface area contributed by atoms with Gasteiger partial charge in [0.25, 0.3) is 0 Å². The van der Waals surface area contributed by atoms with Crippen molar-refractivity contribution in [2.24, 2.45) is 0 Å². The lowest BCUT2D eigenvalue weighted by Gasteiger charge is -2.10. The summed E-state index contributed by atoms with van der Waals surface area (Å²) in [6, 6.07) is 5.31. The number of carbonyl (C=O) groups excluding carboxylic acids is 2. The maximum atomic E-state index is 11.5.